The van der Waals surface area contributed by atoms with Gasteiger partial charge >= 0.3 is 0 Å². The lowest BCUT2D eigenvalue weighted by Crippen LogP contribution is -2.31. The van der Waals surface area contributed by atoms with E-state index < -0.39 is 0 Å². The number of nitrogens with one attached hydrogen (secondary N) is 2. The van der Waals surface area contributed by atoms with Gasteiger partial charge in [-0.15, -0.1) is 0 Å². The van der Waals surface area contributed by atoms with E-state index in [9.17, 15) is 0 Å². The van der Waals surface area contributed by atoms with Crippen LogP contribution in [0.3, 0.4) is 0 Å². The standard InChI is InChI=1S/C14H21N3S/c1-11-7-6-8-12(13(11)16-14(18)15-2)17-9-4-3-5-10-17/h6-8H,3-5,9-10H2,1-2H3,(H2,15,16,18). The maximum absolute atomic E-state index is 5.22. The normalized spacial score (nSPS) is 15.3. The van der Waals surface area contributed by atoms with Gasteiger partial charge in [0.2, 0.25) is 0 Å². The van der Waals surface area contributed by atoms with Gasteiger partial charge in [-0.1, -0.05) is 12.1 Å². The van der Waals surface area contributed by atoms with Gasteiger partial charge in [0.25, 0.3) is 0 Å². The van der Waals surface area contributed by atoms with Crippen molar-refractivity contribution in [2.24, 2.45) is 0 Å². The summed E-state index contributed by atoms with van der Waals surface area (Å²) in [5.41, 5.74) is 3.64. The lowest BCUT2D eigenvalue weighted by Gasteiger charge is -2.31. The van der Waals surface area contributed by atoms with Gasteiger partial charge in [0.05, 0.1) is 11.4 Å². The van der Waals surface area contributed by atoms with Gasteiger partial charge in [-0.2, -0.15) is 0 Å². The van der Waals surface area contributed by atoms with Gasteiger partial charge in [0.15, 0.2) is 5.11 Å². The number of hydrogen-bond acceptors (Lipinski definition) is 2. The summed E-state index contributed by atoms with van der Waals surface area (Å²) in [5.74, 6) is 0. The molecule has 4 heteroatoms. The number of thiocarbonyl (C=S) groups is 1. The van der Waals surface area contributed by atoms with Crippen LogP contribution < -0.4 is 15.5 Å². The average Bonchev–Trinajstić information content (AvgIpc) is 2.42. The second-order valence-corrected chi connectivity index (χ2v) is 5.13. The molecule has 0 amide bonds. The molecule has 1 fully saturated rings. The summed E-state index contributed by atoms with van der Waals surface area (Å²) in [6.45, 7) is 4.41. The summed E-state index contributed by atoms with van der Waals surface area (Å²) >= 11 is 5.22. The number of aryl methyl sites for hydroxylation is 1. The third-order valence-corrected chi connectivity index (χ3v) is 3.72. The Labute approximate surface area is 115 Å². The maximum Gasteiger partial charge on any atom is 0.170 e. The topological polar surface area (TPSA) is 27.3 Å². The highest BCUT2D eigenvalue weighted by atomic mass is 32.1. The summed E-state index contributed by atoms with van der Waals surface area (Å²) < 4.78 is 0. The third kappa shape index (κ3) is 2.93. The highest BCUT2D eigenvalue weighted by molar-refractivity contribution is 7.80. The summed E-state index contributed by atoms with van der Waals surface area (Å²) in [7, 11) is 1.84. The highest BCUT2D eigenvalue weighted by Crippen LogP contribution is 2.31. The molecule has 0 aromatic heterocycles. The maximum atomic E-state index is 5.22. The van der Waals surface area contributed by atoms with E-state index in [2.05, 4.69) is 40.7 Å². The molecule has 1 heterocycles. The molecule has 0 saturated carbocycles. The molecule has 0 aliphatic carbocycles. The second kappa shape index (κ2) is 6.05. The van der Waals surface area contributed by atoms with Gasteiger partial charge in [-0.05, 0) is 50.0 Å². The number of rotatable bonds is 2. The molecule has 0 bridgehead atoms. The second-order valence-electron chi connectivity index (χ2n) is 4.72. The van der Waals surface area contributed by atoms with E-state index in [1.54, 1.807) is 0 Å². The Morgan fingerprint density at radius 2 is 1.94 bits per heavy atom. The van der Waals surface area contributed by atoms with Crippen LogP contribution in [-0.2, 0) is 0 Å². The molecular weight excluding hydrogens is 242 g/mol. The molecule has 1 saturated heterocycles. The molecule has 1 aromatic carbocycles. The first-order valence-corrected chi connectivity index (χ1v) is 6.96. The minimum absolute atomic E-state index is 0.669. The smallest absolute Gasteiger partial charge is 0.170 e. The molecule has 1 aliphatic heterocycles. The van der Waals surface area contributed by atoms with Crippen LogP contribution in [0.15, 0.2) is 18.2 Å². The van der Waals surface area contributed by atoms with Gasteiger partial charge in [-0.25, -0.2) is 0 Å². The predicted octanol–water partition coefficient (Wildman–Crippen LogP) is 2.90. The minimum Gasteiger partial charge on any atom is -0.370 e. The summed E-state index contributed by atoms with van der Waals surface area (Å²) in [6.07, 6.45) is 3.91. The van der Waals surface area contributed by atoms with Gasteiger partial charge < -0.3 is 15.5 Å². The Kier molecular flexibility index (Phi) is 4.42. The summed E-state index contributed by atoms with van der Waals surface area (Å²) in [6, 6.07) is 6.42. The van der Waals surface area contributed by atoms with Crippen LogP contribution in [0.1, 0.15) is 24.8 Å². The summed E-state index contributed by atoms with van der Waals surface area (Å²) in [4.78, 5) is 2.46. The molecule has 0 spiro atoms. The van der Waals surface area contributed by atoms with Crippen LogP contribution in [0.5, 0.6) is 0 Å². The van der Waals surface area contributed by atoms with Crippen LogP contribution in [-0.4, -0.2) is 25.2 Å². The Morgan fingerprint density at radius 1 is 1.22 bits per heavy atom. The highest BCUT2D eigenvalue weighted by Gasteiger charge is 2.15. The van der Waals surface area contributed by atoms with E-state index in [1.807, 2.05) is 7.05 Å². The number of piperidine rings is 1. The average molecular weight is 263 g/mol. The first-order valence-electron chi connectivity index (χ1n) is 6.55. The fourth-order valence-corrected chi connectivity index (χ4v) is 2.49. The largest absolute Gasteiger partial charge is 0.370 e. The lowest BCUT2D eigenvalue weighted by atomic mass is 10.1. The van der Waals surface area contributed by atoms with Crippen LogP contribution in [0.4, 0.5) is 11.4 Å². The van der Waals surface area contributed by atoms with E-state index in [1.165, 1.54) is 30.5 Å². The van der Waals surface area contributed by atoms with E-state index in [4.69, 9.17) is 12.2 Å². The molecule has 2 rings (SSSR count). The zero-order valence-electron chi connectivity index (χ0n) is 11.1. The van der Waals surface area contributed by atoms with E-state index in [0.717, 1.165) is 18.8 Å². The molecule has 18 heavy (non-hydrogen) atoms. The van der Waals surface area contributed by atoms with Crippen molar-refractivity contribution in [2.45, 2.75) is 26.2 Å². The van der Waals surface area contributed by atoms with E-state index >= 15 is 0 Å². The van der Waals surface area contributed by atoms with Crippen molar-refractivity contribution in [1.82, 2.24) is 5.32 Å². The van der Waals surface area contributed by atoms with Gasteiger partial charge in [-0.3, -0.25) is 0 Å². The van der Waals surface area contributed by atoms with Crippen molar-refractivity contribution in [3.8, 4) is 0 Å². The number of nitrogens with zero attached hydrogens (tertiary/aromatic N) is 1. The number of anilines is 2. The molecule has 0 unspecified atom stereocenters. The van der Waals surface area contributed by atoms with Crippen LogP contribution in [0, 0.1) is 6.92 Å². The van der Waals surface area contributed by atoms with Crippen molar-refractivity contribution >= 4 is 28.7 Å². The van der Waals surface area contributed by atoms with Gasteiger partial charge in [0, 0.05) is 20.1 Å². The van der Waals surface area contributed by atoms with Crippen molar-refractivity contribution in [1.29, 1.82) is 0 Å². The SMILES string of the molecule is CNC(=S)Nc1c(C)cccc1N1CCCCC1. The molecule has 2 N–H and O–H groups in total. The quantitative estimate of drug-likeness (QED) is 0.802. The number of para-hydroxylation sites is 1. The summed E-state index contributed by atoms with van der Waals surface area (Å²) in [5, 5.41) is 6.95. The zero-order chi connectivity index (χ0) is 13.0. The molecule has 0 atom stereocenters. The number of benzene rings is 1. The van der Waals surface area contributed by atoms with Crippen molar-refractivity contribution in [2.75, 3.05) is 30.4 Å². The van der Waals surface area contributed by atoms with Crippen molar-refractivity contribution < 1.29 is 0 Å². The van der Waals surface area contributed by atoms with Crippen LogP contribution in [0.2, 0.25) is 0 Å². The van der Waals surface area contributed by atoms with Crippen molar-refractivity contribution in [3.63, 3.8) is 0 Å². The monoisotopic (exact) mass is 263 g/mol. The van der Waals surface area contributed by atoms with Crippen LogP contribution >= 0.6 is 12.2 Å². The Morgan fingerprint density at radius 3 is 2.61 bits per heavy atom. The molecule has 1 aliphatic rings. The van der Waals surface area contributed by atoms with Gasteiger partial charge in [0.1, 0.15) is 0 Å². The Balaban J connectivity index is 2.27. The Hall–Kier alpha value is -1.29. The first-order chi connectivity index (χ1) is 8.72. The third-order valence-electron chi connectivity index (χ3n) is 3.41. The fraction of sp³-hybridized carbons (Fsp3) is 0.500. The van der Waals surface area contributed by atoms with E-state index in [0.29, 0.717) is 5.11 Å². The molecular formula is C14H21N3S. The van der Waals surface area contributed by atoms with Crippen molar-refractivity contribution in [3.05, 3.63) is 23.8 Å². The predicted molar refractivity (Wildman–Crippen MR) is 82.5 cm³/mol. The molecule has 0 radical (unpaired) electrons. The zero-order valence-corrected chi connectivity index (χ0v) is 11.9. The van der Waals surface area contributed by atoms with Crippen LogP contribution in [0.25, 0.3) is 0 Å². The number of hydrogen-bond donors (Lipinski definition) is 2. The first kappa shape index (κ1) is 13.1. The molecule has 98 valence electrons. The Bertz CT molecular complexity index is 425. The fourth-order valence-electron chi connectivity index (χ4n) is 2.39. The molecule has 3 nitrogen and oxygen atoms in total. The lowest BCUT2D eigenvalue weighted by molar-refractivity contribution is 0.578. The minimum atomic E-state index is 0.669. The van der Waals surface area contributed by atoms with E-state index in [-0.39, 0.29) is 0 Å². The molecule has 1 aromatic rings.